The van der Waals surface area contributed by atoms with Crippen molar-refractivity contribution in [3.05, 3.63) is 29.3 Å². The number of alkyl halides is 3. The van der Waals surface area contributed by atoms with Gasteiger partial charge in [-0.1, -0.05) is 6.07 Å². The minimum atomic E-state index is -4.44. The largest absolute Gasteiger partial charge is 0.423 e. The van der Waals surface area contributed by atoms with E-state index >= 15 is 0 Å². The lowest BCUT2D eigenvalue weighted by molar-refractivity contribution is -0.137. The fourth-order valence-electron chi connectivity index (χ4n) is 0.931. The van der Waals surface area contributed by atoms with Gasteiger partial charge in [-0.25, -0.2) is 4.79 Å². The molecule has 0 saturated heterocycles. The Hall–Kier alpha value is -1.52. The second kappa shape index (κ2) is 3.69. The Morgan fingerprint density at radius 1 is 1.36 bits per heavy atom. The first-order chi connectivity index (χ1) is 6.45. The fraction of sp³-hybridized carbons (Fsp3) is 0.222. The molecule has 1 radical (unpaired) electrons. The summed E-state index contributed by atoms with van der Waals surface area (Å²) in [5.74, 6) is -0.130. The Labute approximate surface area is 78.3 Å². The van der Waals surface area contributed by atoms with Gasteiger partial charge in [0.1, 0.15) is 5.75 Å². The zero-order chi connectivity index (χ0) is 10.8. The number of ether oxygens (including phenoxy) is 1. The van der Waals surface area contributed by atoms with E-state index in [1.54, 1.807) is 0 Å². The number of rotatable bonds is 2. The Bertz CT molecular complexity index is 344. The number of benzene rings is 1. The van der Waals surface area contributed by atoms with Gasteiger partial charge in [-0.2, -0.15) is 13.2 Å². The van der Waals surface area contributed by atoms with Crippen molar-refractivity contribution in [2.75, 3.05) is 0 Å². The van der Waals surface area contributed by atoms with Crippen LogP contribution in [-0.4, -0.2) is 6.47 Å². The van der Waals surface area contributed by atoms with E-state index in [4.69, 9.17) is 0 Å². The molecule has 0 aromatic heterocycles. The molecule has 1 aromatic rings. The summed E-state index contributed by atoms with van der Waals surface area (Å²) in [7, 11) is 0. The molecular formula is C9H6F3O2. The molecule has 5 heteroatoms. The van der Waals surface area contributed by atoms with Crippen LogP contribution in [0.25, 0.3) is 0 Å². The maximum atomic E-state index is 12.2. The molecule has 2 nitrogen and oxygen atoms in total. The predicted molar refractivity (Wildman–Crippen MR) is 42.5 cm³/mol. The van der Waals surface area contributed by atoms with Crippen LogP contribution in [0.2, 0.25) is 0 Å². The van der Waals surface area contributed by atoms with E-state index in [9.17, 15) is 18.0 Å². The molecule has 0 fully saturated rings. The van der Waals surface area contributed by atoms with Crippen molar-refractivity contribution in [1.82, 2.24) is 0 Å². The van der Waals surface area contributed by atoms with Crippen molar-refractivity contribution >= 4 is 6.47 Å². The molecule has 0 saturated carbocycles. The van der Waals surface area contributed by atoms with Crippen LogP contribution >= 0.6 is 0 Å². The zero-order valence-electron chi connectivity index (χ0n) is 7.18. The van der Waals surface area contributed by atoms with Gasteiger partial charge in [-0.05, 0) is 24.6 Å². The van der Waals surface area contributed by atoms with Crippen LogP contribution in [0.5, 0.6) is 5.75 Å². The third kappa shape index (κ3) is 2.25. The van der Waals surface area contributed by atoms with E-state index in [1.165, 1.54) is 13.0 Å². The minimum absolute atomic E-state index is 0.130. The van der Waals surface area contributed by atoms with Gasteiger partial charge in [0.2, 0.25) is 0 Å². The molecular weight excluding hydrogens is 197 g/mol. The van der Waals surface area contributed by atoms with E-state index in [-0.39, 0.29) is 5.75 Å². The van der Waals surface area contributed by atoms with Gasteiger partial charge in [-0.3, -0.25) is 0 Å². The van der Waals surface area contributed by atoms with Crippen LogP contribution < -0.4 is 4.74 Å². The van der Waals surface area contributed by atoms with Gasteiger partial charge >= 0.3 is 12.6 Å². The van der Waals surface area contributed by atoms with Crippen molar-refractivity contribution in [3.63, 3.8) is 0 Å². The fourth-order valence-corrected chi connectivity index (χ4v) is 0.931. The van der Waals surface area contributed by atoms with Crippen molar-refractivity contribution in [2.24, 2.45) is 0 Å². The van der Waals surface area contributed by atoms with E-state index in [0.29, 0.717) is 5.56 Å². The van der Waals surface area contributed by atoms with Crippen LogP contribution in [0.1, 0.15) is 11.1 Å². The Kier molecular flexibility index (Phi) is 2.78. The number of hydrogen-bond acceptors (Lipinski definition) is 2. The minimum Gasteiger partial charge on any atom is -0.418 e. The van der Waals surface area contributed by atoms with Gasteiger partial charge in [0.05, 0.1) is 5.56 Å². The molecule has 0 N–H and O–H groups in total. The first-order valence-electron chi connectivity index (χ1n) is 3.67. The maximum absolute atomic E-state index is 12.2. The van der Waals surface area contributed by atoms with Crippen LogP contribution in [0, 0.1) is 6.92 Å². The molecule has 0 bridgehead atoms. The van der Waals surface area contributed by atoms with Crippen molar-refractivity contribution in [2.45, 2.75) is 13.1 Å². The molecule has 0 aliphatic heterocycles. The van der Waals surface area contributed by atoms with Gasteiger partial charge in [0, 0.05) is 0 Å². The quantitative estimate of drug-likeness (QED) is 0.737. The molecule has 0 atom stereocenters. The Morgan fingerprint density at radius 3 is 2.50 bits per heavy atom. The molecule has 0 amide bonds. The van der Waals surface area contributed by atoms with Crippen LogP contribution in [-0.2, 0) is 11.0 Å². The normalized spacial score (nSPS) is 11.1. The highest BCUT2D eigenvalue weighted by molar-refractivity contribution is 5.49. The second-order valence-electron chi connectivity index (χ2n) is 2.66. The average Bonchev–Trinajstić information content (AvgIpc) is 2.07. The van der Waals surface area contributed by atoms with Crippen LogP contribution in [0.15, 0.2) is 18.2 Å². The van der Waals surface area contributed by atoms with Crippen molar-refractivity contribution in [1.29, 1.82) is 0 Å². The molecule has 14 heavy (non-hydrogen) atoms. The summed E-state index contributed by atoms with van der Waals surface area (Å²) in [6, 6.07) is 2.92. The summed E-state index contributed by atoms with van der Waals surface area (Å²) in [6.07, 6.45) is -4.44. The van der Waals surface area contributed by atoms with Gasteiger partial charge in [-0.15, -0.1) is 0 Å². The lowest BCUT2D eigenvalue weighted by atomic mass is 10.1. The first kappa shape index (κ1) is 10.6. The predicted octanol–water partition coefficient (Wildman–Crippen LogP) is 2.46. The smallest absolute Gasteiger partial charge is 0.418 e. The van der Waals surface area contributed by atoms with Gasteiger partial charge in [0.15, 0.2) is 0 Å². The summed E-state index contributed by atoms with van der Waals surface area (Å²) in [4.78, 5) is 9.86. The summed E-state index contributed by atoms with van der Waals surface area (Å²) < 4.78 is 40.8. The highest BCUT2D eigenvalue weighted by Gasteiger charge is 2.31. The van der Waals surface area contributed by atoms with E-state index in [1.807, 2.05) is 0 Å². The van der Waals surface area contributed by atoms with E-state index < -0.39 is 11.7 Å². The summed E-state index contributed by atoms with van der Waals surface area (Å²) >= 11 is 0. The Balaban J connectivity index is 3.12. The lowest BCUT2D eigenvalue weighted by Crippen LogP contribution is -2.05. The van der Waals surface area contributed by atoms with Crippen molar-refractivity contribution in [3.8, 4) is 5.75 Å². The van der Waals surface area contributed by atoms with Gasteiger partial charge < -0.3 is 4.74 Å². The SMILES string of the molecule is Cc1ccc(C(F)(F)F)cc1O[C]=O. The number of hydrogen-bond donors (Lipinski definition) is 0. The molecule has 1 aromatic carbocycles. The molecule has 0 aliphatic rings. The molecule has 0 aliphatic carbocycles. The highest BCUT2D eigenvalue weighted by atomic mass is 19.4. The van der Waals surface area contributed by atoms with Crippen LogP contribution in [0.3, 0.4) is 0 Å². The Morgan fingerprint density at radius 2 is 2.00 bits per heavy atom. The molecule has 1 rings (SSSR count). The monoisotopic (exact) mass is 203 g/mol. The van der Waals surface area contributed by atoms with Crippen LogP contribution in [0.4, 0.5) is 13.2 Å². The number of aryl methyl sites for hydroxylation is 1. The number of halogens is 3. The zero-order valence-corrected chi connectivity index (χ0v) is 7.18. The lowest BCUT2D eigenvalue weighted by Gasteiger charge is -2.08. The first-order valence-corrected chi connectivity index (χ1v) is 3.67. The molecule has 0 unspecified atom stereocenters. The summed E-state index contributed by atoms with van der Waals surface area (Å²) in [5.41, 5.74) is -0.408. The molecule has 0 heterocycles. The third-order valence-corrected chi connectivity index (χ3v) is 1.67. The van der Waals surface area contributed by atoms with Gasteiger partial charge in [0.25, 0.3) is 0 Å². The molecule has 75 valence electrons. The third-order valence-electron chi connectivity index (χ3n) is 1.67. The van der Waals surface area contributed by atoms with Crippen molar-refractivity contribution < 1.29 is 22.7 Å². The highest BCUT2D eigenvalue weighted by Crippen LogP contribution is 2.32. The number of carbonyl (C=O) groups excluding carboxylic acids is 1. The van der Waals surface area contributed by atoms with E-state index in [2.05, 4.69) is 4.74 Å². The summed E-state index contributed by atoms with van der Waals surface area (Å²) in [5, 5.41) is 0. The average molecular weight is 203 g/mol. The second-order valence-corrected chi connectivity index (χ2v) is 2.66. The van der Waals surface area contributed by atoms with E-state index in [0.717, 1.165) is 18.6 Å². The molecule has 0 spiro atoms. The summed E-state index contributed by atoms with van der Waals surface area (Å²) in [6.45, 7) is 2.62. The standard InChI is InChI=1S/C9H6F3O2/c1-6-2-3-7(9(10,11)12)4-8(6)14-5-13/h2-4H,1H3. The topological polar surface area (TPSA) is 26.3 Å². The maximum Gasteiger partial charge on any atom is 0.423 e.